The number of nitrogens with zero attached hydrogens (tertiary/aromatic N) is 2. The molecule has 8 aromatic rings. The normalized spacial score (nSPS) is 23.7. The van der Waals surface area contributed by atoms with Gasteiger partial charge in [-0.1, -0.05) is 147 Å². The molecule has 17 N–H and O–H groups in total. The first kappa shape index (κ1) is 91.8. The van der Waals surface area contributed by atoms with Crippen LogP contribution in [0.15, 0.2) is 182 Å². The Hall–Kier alpha value is -11.9. The molecule has 0 saturated heterocycles. The van der Waals surface area contributed by atoms with Crippen molar-refractivity contribution >= 4 is 140 Å². The molecule has 0 spiro atoms. The predicted octanol–water partition coefficient (Wildman–Crippen LogP) is 4.57. The smallest absolute Gasteiger partial charge is 0.245 e. The number of aromatic nitrogens is 1. The molecule has 0 radical (unpaired) electrons. The first-order chi connectivity index (χ1) is 58.9. The lowest BCUT2D eigenvalue weighted by molar-refractivity contribution is -0.436. The highest BCUT2D eigenvalue weighted by Gasteiger charge is 2.47. The molecular formula is C92H111N15O14S2. The van der Waals surface area contributed by atoms with Crippen LogP contribution in [0, 0.1) is 0 Å². The summed E-state index contributed by atoms with van der Waals surface area (Å²) in [4.78, 5) is 165. The Bertz CT molecular complexity index is 5320. The van der Waals surface area contributed by atoms with Gasteiger partial charge in [0.05, 0.1) is 24.0 Å². The summed E-state index contributed by atoms with van der Waals surface area (Å²) in [7, 11) is 0. The van der Waals surface area contributed by atoms with E-state index in [0.717, 1.165) is 55.5 Å². The largest absolute Gasteiger partial charge is 0.872 e. The monoisotopic (exact) mass is 1710 g/mol. The van der Waals surface area contributed by atoms with Gasteiger partial charge in [-0.2, -0.15) is 29.8 Å². The van der Waals surface area contributed by atoms with E-state index in [-0.39, 0.29) is 101 Å². The molecule has 11 amide bonds. The van der Waals surface area contributed by atoms with E-state index in [9.17, 15) is 48.9 Å². The lowest BCUT2D eigenvalue weighted by atomic mass is 9.79. The third-order valence-electron chi connectivity index (χ3n) is 23.0. The van der Waals surface area contributed by atoms with Gasteiger partial charge in [0, 0.05) is 102 Å². The minimum atomic E-state index is -1.83. The molecule has 0 fully saturated rings. The third-order valence-corrected chi connectivity index (χ3v) is 23.8. The number of H-pyrrole nitrogens is 1. The summed E-state index contributed by atoms with van der Waals surface area (Å²) in [5, 5.41) is 66.4. The zero-order valence-corrected chi connectivity index (χ0v) is 71.6. The predicted molar refractivity (Wildman–Crippen MR) is 477 cm³/mol. The number of hydrogen-bond donors (Lipinski definition) is 17. The van der Waals surface area contributed by atoms with Gasteiger partial charge in [0.25, 0.3) is 0 Å². The van der Waals surface area contributed by atoms with Crippen molar-refractivity contribution < 1.29 is 72.6 Å². The number of amides is 11. The van der Waals surface area contributed by atoms with Gasteiger partial charge in [-0.25, -0.2) is 0 Å². The molecule has 7 aromatic carbocycles. The third kappa shape index (κ3) is 22.5. The van der Waals surface area contributed by atoms with Crippen LogP contribution < -0.4 is 74.6 Å². The van der Waals surface area contributed by atoms with Gasteiger partial charge in [-0.15, -0.1) is 5.75 Å². The molecule has 123 heavy (non-hydrogen) atoms. The molecule has 0 unspecified atom stereocenters. The van der Waals surface area contributed by atoms with Gasteiger partial charge < -0.3 is 89.8 Å². The van der Waals surface area contributed by atoms with E-state index in [1.807, 2.05) is 36.4 Å². The fourth-order valence-corrected chi connectivity index (χ4v) is 17.0. The summed E-state index contributed by atoms with van der Waals surface area (Å²) >= 11 is 8.84. The van der Waals surface area contributed by atoms with Crippen molar-refractivity contribution in [2.75, 3.05) is 42.6 Å². The molecule has 11 atom stereocenters. The van der Waals surface area contributed by atoms with E-state index >= 15 is 19.2 Å². The number of aromatic amines is 1. The number of anilines is 1. The standard InChI is InChI=1S/C92H111N15O14S2/c1-53(108)80-89(120)98-65(82(94)113)29-17-19-44-95-76(111)41-45-106-72-39-35-57-23-10-12-26-62(57)78(72)91(3,4)74(106)31-20-32-75-92(5,6)79-63-27-13-11-24-58(63)36-40-73(79)107(75)46-42-77(112)97-67(47-55-21-8-7-9-22-55)84(115)102-70(51-122)87(118)100-68(48-56-33-37-60(110)38-34-56)85(116)101-69(49-59-50-96-64-28-15-14-25-61(59)64)86(117)99-66(30-16-18-43-93)83(114)104-81(54(2)109)90(121)103-71(52-123)88(119)105-80/h7-15,20-28,31-40,50,53-54,65-71,80-81,96,108-109H,16-19,29-30,41-49,51-52,93H2,1-6H3,(H14-,94,95,97,98,99,100,101,102,103,104,105,110,111,112,113,114,115,116,117,118,119,120,121,122,123)/t53-,54-,65+,66+,67-,68+,69-,70+,71+,80+,81+/m1/s1. The Morgan fingerprint density at radius 2 is 1.07 bits per heavy atom. The second kappa shape index (κ2) is 41.8. The Balaban J connectivity index is 0.937. The maximum atomic E-state index is 15.3. The van der Waals surface area contributed by atoms with Crippen LogP contribution in [0.5, 0.6) is 5.75 Å². The highest BCUT2D eigenvalue weighted by Crippen LogP contribution is 2.51. The second-order valence-corrected chi connectivity index (χ2v) is 33.4. The summed E-state index contributed by atoms with van der Waals surface area (Å²) in [5.74, 6) is -10.5. The van der Waals surface area contributed by atoms with Crippen LogP contribution in [0.1, 0.15) is 121 Å². The van der Waals surface area contributed by atoms with E-state index in [4.69, 9.17) is 11.5 Å². The van der Waals surface area contributed by atoms with Crippen molar-refractivity contribution in [1.82, 2.24) is 58.2 Å². The first-order valence-corrected chi connectivity index (χ1v) is 42.9. The van der Waals surface area contributed by atoms with Crippen molar-refractivity contribution in [2.45, 2.75) is 190 Å². The van der Waals surface area contributed by atoms with Gasteiger partial charge in [-0.3, -0.25) is 52.7 Å². The van der Waals surface area contributed by atoms with Gasteiger partial charge in [0.2, 0.25) is 70.7 Å². The van der Waals surface area contributed by atoms with E-state index in [0.29, 0.717) is 40.4 Å². The van der Waals surface area contributed by atoms with Crippen molar-refractivity contribution in [3.05, 3.63) is 210 Å². The number of allylic oxidation sites excluding steroid dienone is 4. The SMILES string of the molecule is C[C@@H](O)[C@@H]1NC(=O)[C@H](CS)NC(=O)[C@H]([C@@H](C)O)NC(=O)[C@H](CCCCN)NC(=O)[C@@H](Cc2c[nH]c3ccccc23)NC(=O)[C@H](Cc2ccc([O-])cc2)NC(=O)[C@H](CS)NC(=O)[C@@H](Cc2ccccc2)NC(=O)CC[N+]2=C(/C=C/C=C3/N(CCC(=O)NCCCC[C@@H](C(N)=O)NC1=O)c1ccc4ccccc4c1C3(C)C)C(C)(C)c1c2ccc2ccccc12. The number of aliphatic hydroxyl groups excluding tert-OH is 2. The molecule has 3 aliphatic heterocycles. The Morgan fingerprint density at radius 3 is 1.68 bits per heavy atom. The Morgan fingerprint density at radius 1 is 0.545 bits per heavy atom. The molecule has 0 bridgehead atoms. The Kier molecular flexibility index (Phi) is 31.2. The lowest BCUT2D eigenvalue weighted by Gasteiger charge is -2.29. The second-order valence-electron chi connectivity index (χ2n) is 32.7. The molecule has 0 aliphatic carbocycles. The maximum Gasteiger partial charge on any atom is 0.245 e. The maximum absolute atomic E-state index is 15.3. The van der Waals surface area contributed by atoms with Crippen LogP contribution in [0.4, 0.5) is 11.4 Å². The van der Waals surface area contributed by atoms with Crippen LogP contribution in [0.2, 0.25) is 0 Å². The number of unbranched alkanes of at least 4 members (excludes halogenated alkanes) is 1. The van der Waals surface area contributed by atoms with E-state index < -0.39 is 142 Å². The summed E-state index contributed by atoms with van der Waals surface area (Å²) in [6, 6.07) is 32.3. The number of primary amides is 1. The van der Waals surface area contributed by atoms with Crippen LogP contribution in [0.25, 0.3) is 32.4 Å². The van der Waals surface area contributed by atoms with Crippen LogP contribution >= 0.6 is 25.3 Å². The number of nitrogens with two attached hydrogens (primary N) is 2. The number of nitrogens with one attached hydrogen (secondary N) is 11. The highest BCUT2D eigenvalue weighted by molar-refractivity contribution is 7.80. The quantitative estimate of drug-likeness (QED) is 0.0380. The minimum Gasteiger partial charge on any atom is -0.872 e. The van der Waals surface area contributed by atoms with Crippen molar-refractivity contribution in [1.29, 1.82) is 0 Å². The zero-order chi connectivity index (χ0) is 88.4. The Labute approximate surface area is 725 Å². The number of hydrogen-bond acceptors (Lipinski definition) is 18. The fourth-order valence-electron chi connectivity index (χ4n) is 16.5. The lowest BCUT2D eigenvalue weighted by Crippen LogP contribution is -2.63. The number of benzene rings is 7. The highest BCUT2D eigenvalue weighted by atomic mass is 32.1. The average Bonchev–Trinajstić information content (AvgIpc) is 1.57. The van der Waals surface area contributed by atoms with Gasteiger partial charge in [0.1, 0.15) is 54.4 Å². The van der Waals surface area contributed by atoms with Crippen molar-refractivity contribution in [2.24, 2.45) is 11.5 Å². The molecule has 0 saturated carbocycles. The van der Waals surface area contributed by atoms with Crippen molar-refractivity contribution in [3.8, 4) is 5.75 Å². The summed E-state index contributed by atoms with van der Waals surface area (Å²) < 4.78 is 2.13. The molecule has 650 valence electrons. The number of para-hydroxylation sites is 1. The summed E-state index contributed by atoms with van der Waals surface area (Å²) in [5.41, 5.74) is 18.5. The van der Waals surface area contributed by atoms with Gasteiger partial charge >= 0.3 is 0 Å². The number of fused-ring (bicyclic) bond motifs is 10. The molecule has 4 heterocycles. The number of rotatable bonds is 15. The molecule has 1 aromatic heterocycles. The van der Waals surface area contributed by atoms with Crippen LogP contribution in [0.3, 0.4) is 0 Å². The molecule has 31 heteroatoms. The average molecular weight is 1720 g/mol. The topological polar surface area (TPSA) is 446 Å². The minimum absolute atomic E-state index is 0.00363. The van der Waals surface area contributed by atoms with E-state index in [1.54, 1.807) is 54.7 Å². The summed E-state index contributed by atoms with van der Waals surface area (Å²) in [6.07, 6.45) is 5.03. The van der Waals surface area contributed by atoms with Crippen molar-refractivity contribution in [3.63, 3.8) is 0 Å². The number of thiol groups is 2. The van der Waals surface area contributed by atoms with Gasteiger partial charge in [-0.05, 0) is 141 Å². The number of carbonyl (C=O) groups is 11. The molecule has 11 rings (SSSR count). The van der Waals surface area contributed by atoms with Crippen LogP contribution in [-0.4, -0.2) is 195 Å². The number of carbonyl (C=O) groups excluding carboxylic acids is 11. The zero-order valence-electron chi connectivity index (χ0n) is 69.9. The van der Waals surface area contributed by atoms with Crippen LogP contribution in [-0.2, 0) is 82.8 Å². The summed E-state index contributed by atoms with van der Waals surface area (Å²) in [6.45, 7) is 11.8. The van der Waals surface area contributed by atoms with Gasteiger partial charge in [0.15, 0.2) is 12.3 Å². The van der Waals surface area contributed by atoms with E-state index in [1.165, 1.54) is 38.1 Å². The molecule has 3 aliphatic rings. The number of aliphatic hydroxyl groups is 2. The molecule has 29 nitrogen and oxygen atoms in total. The van der Waals surface area contributed by atoms with E-state index in [2.05, 4.69) is 181 Å². The first-order valence-electron chi connectivity index (χ1n) is 41.7. The fraction of sp³-hybridized carbons (Fsp3) is 0.391. The molecular weight excluding hydrogens is 1600 g/mol.